The van der Waals surface area contributed by atoms with Crippen molar-refractivity contribution in [3.8, 4) is 11.5 Å². The number of nitrogens with one attached hydrogen (secondary N) is 1. The second-order valence-corrected chi connectivity index (χ2v) is 10.0. The molecule has 0 aromatic heterocycles. The molecule has 1 aliphatic rings. The summed E-state index contributed by atoms with van der Waals surface area (Å²) in [5.41, 5.74) is 3.85. The zero-order valence-corrected chi connectivity index (χ0v) is 22.4. The third kappa shape index (κ3) is 6.99. The summed E-state index contributed by atoms with van der Waals surface area (Å²) in [5, 5.41) is 2.82. The van der Waals surface area contributed by atoms with Gasteiger partial charge in [0.1, 0.15) is 4.32 Å². The molecule has 37 heavy (non-hydrogen) atoms. The van der Waals surface area contributed by atoms with Crippen LogP contribution < -0.4 is 14.8 Å². The zero-order valence-electron chi connectivity index (χ0n) is 20.7. The van der Waals surface area contributed by atoms with E-state index in [1.807, 2.05) is 60.7 Å². The smallest absolute Gasteiger partial charge is 0.266 e. The Labute approximate surface area is 226 Å². The molecule has 1 saturated heterocycles. The molecular weight excluding hydrogens is 504 g/mol. The number of hydrogen-bond donors (Lipinski definition) is 1. The number of benzene rings is 3. The maximum absolute atomic E-state index is 13.0. The van der Waals surface area contributed by atoms with Crippen LogP contribution in [0, 0.1) is 0 Å². The van der Waals surface area contributed by atoms with Gasteiger partial charge in [-0.2, -0.15) is 0 Å². The first-order chi connectivity index (χ1) is 18.0. The van der Waals surface area contributed by atoms with Crippen molar-refractivity contribution in [2.45, 2.75) is 19.8 Å². The van der Waals surface area contributed by atoms with Gasteiger partial charge in [-0.25, -0.2) is 0 Å². The minimum Gasteiger partial charge on any atom is -0.493 e. The van der Waals surface area contributed by atoms with E-state index in [2.05, 4.69) is 12.2 Å². The molecule has 1 N–H and O–H groups in total. The van der Waals surface area contributed by atoms with Gasteiger partial charge in [0.15, 0.2) is 18.1 Å². The molecule has 1 aliphatic heterocycles. The maximum atomic E-state index is 13.0. The highest BCUT2D eigenvalue weighted by Gasteiger charge is 2.31. The fraction of sp³-hybridized carbons (Fsp3) is 0.207. The molecule has 0 radical (unpaired) electrons. The lowest BCUT2D eigenvalue weighted by atomic mass is 10.1. The van der Waals surface area contributed by atoms with Crippen molar-refractivity contribution < 1.29 is 19.1 Å². The summed E-state index contributed by atoms with van der Waals surface area (Å²) in [6, 6.07) is 23.0. The average molecular weight is 533 g/mol. The topological polar surface area (TPSA) is 67.9 Å². The van der Waals surface area contributed by atoms with E-state index in [-0.39, 0.29) is 18.4 Å². The SMILES string of the molecule is CCc1ccc(NC(=O)COc2ccc(/C=C3\SC(=S)N(CCc4ccccc4)C3=O)cc2OC)cc1. The normalized spacial score (nSPS) is 14.2. The Morgan fingerprint density at radius 1 is 1.03 bits per heavy atom. The summed E-state index contributed by atoms with van der Waals surface area (Å²) in [6.07, 6.45) is 3.47. The van der Waals surface area contributed by atoms with E-state index in [4.69, 9.17) is 21.7 Å². The van der Waals surface area contributed by atoms with Crippen molar-refractivity contribution in [2.75, 3.05) is 25.6 Å². The minimum atomic E-state index is -0.269. The summed E-state index contributed by atoms with van der Waals surface area (Å²) in [6.45, 7) is 2.45. The number of nitrogens with zero attached hydrogens (tertiary/aromatic N) is 1. The largest absolute Gasteiger partial charge is 0.493 e. The molecule has 0 aliphatic carbocycles. The zero-order chi connectivity index (χ0) is 26.2. The lowest BCUT2D eigenvalue weighted by molar-refractivity contribution is -0.122. The number of methoxy groups -OCH3 is 1. The number of ether oxygens (including phenoxy) is 2. The van der Waals surface area contributed by atoms with Crippen LogP contribution in [0.25, 0.3) is 6.08 Å². The molecular formula is C29H28N2O4S2. The van der Waals surface area contributed by atoms with Crippen molar-refractivity contribution in [2.24, 2.45) is 0 Å². The van der Waals surface area contributed by atoms with Crippen molar-refractivity contribution in [3.05, 3.63) is 94.4 Å². The van der Waals surface area contributed by atoms with Crippen LogP contribution >= 0.6 is 24.0 Å². The van der Waals surface area contributed by atoms with E-state index >= 15 is 0 Å². The number of thiocarbonyl (C=S) groups is 1. The van der Waals surface area contributed by atoms with Crippen molar-refractivity contribution in [3.63, 3.8) is 0 Å². The van der Waals surface area contributed by atoms with Gasteiger partial charge in [0, 0.05) is 12.2 Å². The molecule has 0 unspecified atom stereocenters. The Balaban J connectivity index is 1.37. The molecule has 6 nitrogen and oxygen atoms in total. The fourth-order valence-electron chi connectivity index (χ4n) is 3.79. The predicted molar refractivity (Wildman–Crippen MR) is 153 cm³/mol. The van der Waals surface area contributed by atoms with Gasteiger partial charge < -0.3 is 14.8 Å². The van der Waals surface area contributed by atoms with E-state index in [1.54, 1.807) is 23.1 Å². The van der Waals surface area contributed by atoms with Crippen LogP contribution in [0.3, 0.4) is 0 Å². The molecule has 0 bridgehead atoms. The summed E-state index contributed by atoms with van der Waals surface area (Å²) in [5.74, 6) is 0.531. The molecule has 1 heterocycles. The number of carbonyl (C=O) groups is 2. The van der Waals surface area contributed by atoms with Crippen LogP contribution in [0.1, 0.15) is 23.6 Å². The summed E-state index contributed by atoms with van der Waals surface area (Å²) in [4.78, 5) is 27.5. The summed E-state index contributed by atoms with van der Waals surface area (Å²) >= 11 is 6.75. The fourth-order valence-corrected chi connectivity index (χ4v) is 5.10. The highest BCUT2D eigenvalue weighted by atomic mass is 32.2. The number of amides is 2. The molecule has 3 aromatic carbocycles. The van der Waals surface area contributed by atoms with E-state index in [0.717, 1.165) is 24.0 Å². The Morgan fingerprint density at radius 3 is 2.49 bits per heavy atom. The van der Waals surface area contributed by atoms with Gasteiger partial charge in [0.25, 0.3) is 11.8 Å². The second kappa shape index (κ2) is 12.6. The monoisotopic (exact) mass is 532 g/mol. The Morgan fingerprint density at radius 2 is 1.78 bits per heavy atom. The van der Waals surface area contributed by atoms with Crippen LogP contribution in [0.2, 0.25) is 0 Å². The molecule has 1 fully saturated rings. The molecule has 0 atom stereocenters. The molecule has 4 rings (SSSR count). The number of hydrogen-bond acceptors (Lipinski definition) is 6. The first-order valence-electron chi connectivity index (χ1n) is 12.0. The average Bonchev–Trinajstić information content (AvgIpc) is 3.19. The minimum absolute atomic E-state index is 0.103. The van der Waals surface area contributed by atoms with E-state index in [9.17, 15) is 9.59 Å². The van der Waals surface area contributed by atoms with Crippen LogP contribution in [0.4, 0.5) is 5.69 Å². The first kappa shape index (κ1) is 26.4. The number of aryl methyl sites for hydroxylation is 1. The molecule has 0 spiro atoms. The standard InChI is InChI=1S/C29H28N2O4S2/c1-3-20-9-12-23(13-10-20)30-27(32)19-35-24-14-11-22(17-25(24)34-2)18-26-28(33)31(29(36)37-26)16-15-21-7-5-4-6-8-21/h4-14,17-18H,3,15-16,19H2,1-2H3,(H,30,32)/b26-18-. The third-order valence-corrected chi connectivity index (χ3v) is 7.21. The van der Waals surface area contributed by atoms with Crippen molar-refractivity contribution >= 4 is 51.9 Å². The maximum Gasteiger partial charge on any atom is 0.266 e. The van der Waals surface area contributed by atoms with Crippen molar-refractivity contribution in [1.29, 1.82) is 0 Å². The quantitative estimate of drug-likeness (QED) is 0.266. The van der Waals surface area contributed by atoms with Crippen LogP contribution in [-0.2, 0) is 22.4 Å². The Hall–Kier alpha value is -3.62. The Kier molecular flexibility index (Phi) is 8.98. The Bertz CT molecular complexity index is 1310. The molecule has 0 saturated carbocycles. The third-order valence-electron chi connectivity index (χ3n) is 5.83. The van der Waals surface area contributed by atoms with Gasteiger partial charge in [-0.1, -0.05) is 79.4 Å². The van der Waals surface area contributed by atoms with E-state index in [1.165, 1.54) is 24.4 Å². The highest BCUT2D eigenvalue weighted by molar-refractivity contribution is 8.26. The molecule has 190 valence electrons. The highest BCUT2D eigenvalue weighted by Crippen LogP contribution is 2.35. The van der Waals surface area contributed by atoms with Gasteiger partial charge in [-0.15, -0.1) is 0 Å². The number of carbonyl (C=O) groups excluding carboxylic acids is 2. The number of anilines is 1. The lowest BCUT2D eigenvalue weighted by Gasteiger charge is -2.14. The van der Waals surface area contributed by atoms with Crippen molar-refractivity contribution in [1.82, 2.24) is 4.90 Å². The number of rotatable bonds is 10. The summed E-state index contributed by atoms with van der Waals surface area (Å²) in [7, 11) is 1.53. The summed E-state index contributed by atoms with van der Waals surface area (Å²) < 4.78 is 11.7. The second-order valence-electron chi connectivity index (χ2n) is 8.37. The van der Waals surface area contributed by atoms with Gasteiger partial charge in [0.2, 0.25) is 0 Å². The van der Waals surface area contributed by atoms with Gasteiger partial charge >= 0.3 is 0 Å². The van der Waals surface area contributed by atoms with E-state index in [0.29, 0.717) is 33.0 Å². The molecule has 2 amide bonds. The van der Waals surface area contributed by atoms with Crippen LogP contribution in [0.15, 0.2) is 77.7 Å². The number of thioether (sulfide) groups is 1. The lowest BCUT2D eigenvalue weighted by Crippen LogP contribution is -2.30. The van der Waals surface area contributed by atoms with Crippen LogP contribution in [0.5, 0.6) is 11.5 Å². The first-order valence-corrected chi connectivity index (χ1v) is 13.2. The van der Waals surface area contributed by atoms with Crippen LogP contribution in [-0.4, -0.2) is 41.3 Å². The van der Waals surface area contributed by atoms with E-state index < -0.39 is 0 Å². The van der Waals surface area contributed by atoms with Gasteiger partial charge in [-0.05, 0) is 59.9 Å². The molecule has 8 heteroatoms. The molecule has 3 aromatic rings. The van der Waals surface area contributed by atoms with Gasteiger partial charge in [-0.3, -0.25) is 14.5 Å². The van der Waals surface area contributed by atoms with Gasteiger partial charge in [0.05, 0.1) is 12.0 Å². The predicted octanol–water partition coefficient (Wildman–Crippen LogP) is 5.72.